The molecule has 152 valence electrons. The van der Waals surface area contributed by atoms with E-state index in [0.29, 0.717) is 12.3 Å². The molecule has 0 aliphatic carbocycles. The van der Waals surface area contributed by atoms with Gasteiger partial charge in [0.25, 0.3) is 0 Å². The minimum atomic E-state index is -0.0482. The summed E-state index contributed by atoms with van der Waals surface area (Å²) < 4.78 is 3.72. The van der Waals surface area contributed by atoms with Crippen molar-refractivity contribution in [2.45, 2.75) is 25.5 Å². The predicted molar refractivity (Wildman–Crippen MR) is 117 cm³/mol. The van der Waals surface area contributed by atoms with E-state index in [0.717, 1.165) is 22.2 Å². The maximum absolute atomic E-state index is 12.4. The Morgan fingerprint density at radius 1 is 1.07 bits per heavy atom. The molecule has 0 aliphatic heterocycles. The molecule has 0 atom stereocenters. The molecule has 3 heterocycles. The molecular formula is C22H22N6OS. The Morgan fingerprint density at radius 3 is 2.80 bits per heavy atom. The normalized spacial score (nSPS) is 10.9. The van der Waals surface area contributed by atoms with Crippen LogP contribution in [0.4, 0.5) is 0 Å². The van der Waals surface area contributed by atoms with Crippen LogP contribution in [-0.4, -0.2) is 36.0 Å². The van der Waals surface area contributed by atoms with Crippen LogP contribution in [0, 0.1) is 13.8 Å². The summed E-state index contributed by atoms with van der Waals surface area (Å²) in [6.45, 7) is 4.62. The van der Waals surface area contributed by atoms with Crippen molar-refractivity contribution >= 4 is 17.7 Å². The number of thioether (sulfide) groups is 1. The fourth-order valence-electron chi connectivity index (χ4n) is 3.06. The zero-order chi connectivity index (χ0) is 20.9. The lowest BCUT2D eigenvalue weighted by Gasteiger charge is -2.12. The van der Waals surface area contributed by atoms with Gasteiger partial charge in [0, 0.05) is 37.5 Å². The molecule has 0 bridgehead atoms. The number of hydrogen-bond donors (Lipinski definition) is 1. The van der Waals surface area contributed by atoms with Crippen LogP contribution in [0.2, 0.25) is 0 Å². The van der Waals surface area contributed by atoms with Gasteiger partial charge in [-0.15, -0.1) is 0 Å². The second-order valence-electron chi connectivity index (χ2n) is 6.84. The summed E-state index contributed by atoms with van der Waals surface area (Å²) in [5.74, 6) is 0.962. The first-order valence-corrected chi connectivity index (χ1v) is 10.5. The van der Waals surface area contributed by atoms with Gasteiger partial charge in [-0.3, -0.25) is 9.36 Å². The van der Waals surface area contributed by atoms with Crippen LogP contribution in [0.5, 0.6) is 0 Å². The fraction of sp³-hybridized carbons (Fsp3) is 0.182. The molecule has 0 saturated heterocycles. The Balaban J connectivity index is 1.36. The van der Waals surface area contributed by atoms with Crippen LogP contribution in [0.1, 0.15) is 16.7 Å². The summed E-state index contributed by atoms with van der Waals surface area (Å²) in [7, 11) is 0. The van der Waals surface area contributed by atoms with Crippen LogP contribution >= 0.6 is 11.8 Å². The first kappa shape index (κ1) is 19.9. The van der Waals surface area contributed by atoms with Gasteiger partial charge in [-0.1, -0.05) is 23.9 Å². The van der Waals surface area contributed by atoms with Crippen molar-refractivity contribution in [3.05, 3.63) is 84.1 Å². The Morgan fingerprint density at radius 2 is 1.97 bits per heavy atom. The van der Waals surface area contributed by atoms with Crippen molar-refractivity contribution in [1.29, 1.82) is 0 Å². The SMILES string of the molecule is Cc1cccc(-n2ccnc2SCC(=O)NCc2ccnc(-n3cccn3)c2)c1C. The van der Waals surface area contributed by atoms with E-state index >= 15 is 0 Å². The third-order valence-electron chi connectivity index (χ3n) is 4.81. The van der Waals surface area contributed by atoms with Gasteiger partial charge in [0.05, 0.1) is 11.4 Å². The average Bonchev–Trinajstić information content (AvgIpc) is 3.45. The third-order valence-corrected chi connectivity index (χ3v) is 5.78. The molecule has 30 heavy (non-hydrogen) atoms. The van der Waals surface area contributed by atoms with E-state index < -0.39 is 0 Å². The van der Waals surface area contributed by atoms with Crippen LogP contribution in [0.15, 0.2) is 72.5 Å². The molecule has 0 unspecified atom stereocenters. The Hall–Kier alpha value is -3.39. The summed E-state index contributed by atoms with van der Waals surface area (Å²) in [6, 6.07) is 11.8. The summed E-state index contributed by atoms with van der Waals surface area (Å²) in [5, 5.41) is 7.93. The number of rotatable bonds is 7. The maximum Gasteiger partial charge on any atom is 0.230 e. The van der Waals surface area contributed by atoms with E-state index in [1.165, 1.54) is 22.9 Å². The average molecular weight is 419 g/mol. The van der Waals surface area contributed by atoms with E-state index in [2.05, 4.69) is 46.4 Å². The molecule has 4 rings (SSSR count). The van der Waals surface area contributed by atoms with E-state index in [1.54, 1.807) is 23.3 Å². The molecule has 0 fully saturated rings. The summed E-state index contributed by atoms with van der Waals surface area (Å²) in [5.41, 5.74) is 4.47. The number of imidazole rings is 1. The number of carbonyl (C=O) groups is 1. The summed E-state index contributed by atoms with van der Waals surface area (Å²) >= 11 is 1.42. The number of hydrogen-bond acceptors (Lipinski definition) is 5. The van der Waals surface area contributed by atoms with E-state index in [9.17, 15) is 4.79 Å². The lowest BCUT2D eigenvalue weighted by molar-refractivity contribution is -0.118. The van der Waals surface area contributed by atoms with Gasteiger partial charge in [-0.05, 0) is 54.8 Å². The van der Waals surface area contributed by atoms with Crippen LogP contribution in [0.3, 0.4) is 0 Å². The van der Waals surface area contributed by atoms with Crippen LogP contribution in [0.25, 0.3) is 11.5 Å². The molecule has 4 aromatic rings. The topological polar surface area (TPSA) is 77.6 Å². The molecule has 8 heteroatoms. The highest BCUT2D eigenvalue weighted by Gasteiger charge is 2.11. The Labute approximate surface area is 179 Å². The first-order valence-electron chi connectivity index (χ1n) is 9.56. The number of carbonyl (C=O) groups excluding carboxylic acids is 1. The number of nitrogens with zero attached hydrogens (tertiary/aromatic N) is 5. The first-order chi connectivity index (χ1) is 14.6. The molecule has 1 N–H and O–H groups in total. The Kier molecular flexibility index (Phi) is 5.94. The summed E-state index contributed by atoms with van der Waals surface area (Å²) in [4.78, 5) is 21.1. The maximum atomic E-state index is 12.4. The van der Waals surface area contributed by atoms with Gasteiger partial charge in [0.2, 0.25) is 5.91 Å². The zero-order valence-corrected chi connectivity index (χ0v) is 17.6. The highest BCUT2D eigenvalue weighted by atomic mass is 32.2. The largest absolute Gasteiger partial charge is 0.351 e. The number of nitrogens with one attached hydrogen (secondary N) is 1. The quantitative estimate of drug-likeness (QED) is 0.465. The fourth-order valence-corrected chi connectivity index (χ4v) is 3.85. The molecule has 7 nitrogen and oxygen atoms in total. The smallest absolute Gasteiger partial charge is 0.230 e. The lowest BCUT2D eigenvalue weighted by atomic mass is 10.1. The molecule has 1 amide bonds. The van der Waals surface area contributed by atoms with E-state index in [4.69, 9.17) is 0 Å². The summed E-state index contributed by atoms with van der Waals surface area (Å²) in [6.07, 6.45) is 8.94. The molecule has 3 aromatic heterocycles. The van der Waals surface area contributed by atoms with Gasteiger partial charge in [-0.25, -0.2) is 14.6 Å². The Bertz CT molecular complexity index is 1150. The lowest BCUT2D eigenvalue weighted by Crippen LogP contribution is -2.24. The van der Waals surface area contributed by atoms with Crippen molar-refractivity contribution in [3.63, 3.8) is 0 Å². The molecular weight excluding hydrogens is 396 g/mol. The van der Waals surface area contributed by atoms with Gasteiger partial charge >= 0.3 is 0 Å². The monoisotopic (exact) mass is 418 g/mol. The van der Waals surface area contributed by atoms with Crippen LogP contribution < -0.4 is 5.32 Å². The predicted octanol–water partition coefficient (Wildman–Crippen LogP) is 3.48. The van der Waals surface area contributed by atoms with E-state index in [-0.39, 0.29) is 5.91 Å². The second kappa shape index (κ2) is 8.96. The van der Waals surface area contributed by atoms with Crippen molar-refractivity contribution < 1.29 is 4.79 Å². The zero-order valence-electron chi connectivity index (χ0n) is 16.8. The van der Waals surface area contributed by atoms with Crippen molar-refractivity contribution in [1.82, 2.24) is 29.6 Å². The molecule has 0 spiro atoms. The second-order valence-corrected chi connectivity index (χ2v) is 7.78. The van der Waals surface area contributed by atoms with Crippen molar-refractivity contribution in [3.8, 4) is 11.5 Å². The van der Waals surface area contributed by atoms with Crippen molar-refractivity contribution in [2.24, 2.45) is 0 Å². The van der Waals surface area contributed by atoms with Gasteiger partial charge in [0.1, 0.15) is 0 Å². The van der Waals surface area contributed by atoms with E-state index in [1.807, 2.05) is 41.2 Å². The van der Waals surface area contributed by atoms with Gasteiger partial charge in [-0.2, -0.15) is 5.10 Å². The standard InChI is InChI=1S/C22H22N6OS/c1-16-5-3-6-19(17(16)2)27-12-10-24-22(27)30-15-21(29)25-14-18-7-9-23-20(13-18)28-11-4-8-26-28/h3-13H,14-15H2,1-2H3,(H,25,29). The van der Waals surface area contributed by atoms with Gasteiger partial charge in [0.15, 0.2) is 11.0 Å². The number of pyridine rings is 1. The molecule has 0 saturated carbocycles. The third kappa shape index (κ3) is 4.44. The molecule has 0 radical (unpaired) electrons. The van der Waals surface area contributed by atoms with Crippen molar-refractivity contribution in [2.75, 3.05) is 5.75 Å². The van der Waals surface area contributed by atoms with Gasteiger partial charge < -0.3 is 5.32 Å². The number of aryl methyl sites for hydroxylation is 1. The highest BCUT2D eigenvalue weighted by Crippen LogP contribution is 2.24. The highest BCUT2D eigenvalue weighted by molar-refractivity contribution is 7.99. The molecule has 1 aromatic carbocycles. The molecule has 0 aliphatic rings. The minimum absolute atomic E-state index is 0.0482. The van der Waals surface area contributed by atoms with Crippen LogP contribution in [-0.2, 0) is 11.3 Å². The minimum Gasteiger partial charge on any atom is -0.351 e. The number of benzene rings is 1. The number of amides is 1. The number of aromatic nitrogens is 5.